The summed E-state index contributed by atoms with van der Waals surface area (Å²) in [4.78, 5) is 37.2. The summed E-state index contributed by atoms with van der Waals surface area (Å²) < 4.78 is 3.06. The number of nitrogens with two attached hydrogens (primary N) is 1. The number of rotatable bonds is 6. The molecule has 0 saturated heterocycles. The second-order valence-corrected chi connectivity index (χ2v) is 7.11. The van der Waals surface area contributed by atoms with Crippen molar-refractivity contribution in [1.82, 2.24) is 9.13 Å². The van der Waals surface area contributed by atoms with Gasteiger partial charge in [-0.15, -0.1) is 0 Å². The fourth-order valence-electron chi connectivity index (χ4n) is 2.46. The van der Waals surface area contributed by atoms with Gasteiger partial charge in [0.15, 0.2) is 5.78 Å². The molecule has 134 valence electrons. The summed E-state index contributed by atoms with van der Waals surface area (Å²) in [5.41, 5.74) is 5.36. The van der Waals surface area contributed by atoms with Crippen molar-refractivity contribution in [1.29, 1.82) is 0 Å². The van der Waals surface area contributed by atoms with E-state index >= 15 is 0 Å². The molecular weight excluding hydrogens is 388 g/mol. The van der Waals surface area contributed by atoms with Crippen LogP contribution >= 0.6 is 15.9 Å². The van der Waals surface area contributed by atoms with Crippen LogP contribution in [-0.4, -0.2) is 21.5 Å². The maximum atomic E-state index is 12.6. The van der Waals surface area contributed by atoms with Crippen LogP contribution in [0.15, 0.2) is 38.3 Å². The first-order chi connectivity index (χ1) is 11.7. The van der Waals surface area contributed by atoms with Crippen molar-refractivity contribution in [3.8, 4) is 0 Å². The molecule has 0 aliphatic heterocycles. The van der Waals surface area contributed by atoms with Crippen LogP contribution in [0.4, 0.5) is 11.5 Å². The van der Waals surface area contributed by atoms with Crippen molar-refractivity contribution in [2.24, 2.45) is 13.0 Å². The van der Waals surface area contributed by atoms with E-state index in [1.54, 1.807) is 6.07 Å². The van der Waals surface area contributed by atoms with Crippen LogP contribution in [0.25, 0.3) is 0 Å². The van der Waals surface area contributed by atoms with Crippen LogP contribution in [0.5, 0.6) is 0 Å². The highest BCUT2D eigenvalue weighted by Crippen LogP contribution is 2.16. The predicted molar refractivity (Wildman–Crippen MR) is 102 cm³/mol. The molecule has 0 atom stereocenters. The Morgan fingerprint density at radius 1 is 1.32 bits per heavy atom. The average molecular weight is 409 g/mol. The second-order valence-electron chi connectivity index (χ2n) is 6.20. The lowest BCUT2D eigenvalue weighted by Gasteiger charge is -2.16. The van der Waals surface area contributed by atoms with Crippen molar-refractivity contribution in [3.63, 3.8) is 0 Å². The molecule has 3 N–H and O–H groups in total. The number of carbonyl (C=O) groups is 1. The van der Waals surface area contributed by atoms with E-state index in [1.807, 2.05) is 32.0 Å². The lowest BCUT2D eigenvalue weighted by molar-refractivity contribution is 0.100. The zero-order valence-corrected chi connectivity index (χ0v) is 16.0. The number of anilines is 2. The lowest BCUT2D eigenvalue weighted by Crippen LogP contribution is -2.43. The van der Waals surface area contributed by atoms with E-state index in [4.69, 9.17) is 5.73 Å². The Hall–Kier alpha value is -2.35. The first-order valence-corrected chi connectivity index (χ1v) is 8.63. The second kappa shape index (κ2) is 7.69. The Bertz CT molecular complexity index is 915. The van der Waals surface area contributed by atoms with Gasteiger partial charge in [-0.05, 0) is 24.1 Å². The van der Waals surface area contributed by atoms with Crippen molar-refractivity contribution in [2.45, 2.75) is 20.4 Å². The van der Waals surface area contributed by atoms with Gasteiger partial charge in [0.25, 0.3) is 5.56 Å². The van der Waals surface area contributed by atoms with Crippen molar-refractivity contribution < 1.29 is 4.79 Å². The third-order valence-electron chi connectivity index (χ3n) is 3.69. The van der Waals surface area contributed by atoms with Crippen molar-refractivity contribution >= 4 is 33.2 Å². The molecule has 2 aromatic rings. The molecule has 0 fully saturated rings. The number of benzene rings is 1. The molecule has 2 rings (SSSR count). The molecule has 1 aromatic carbocycles. The normalized spacial score (nSPS) is 10.9. The zero-order chi connectivity index (χ0) is 18.7. The van der Waals surface area contributed by atoms with E-state index in [0.717, 1.165) is 14.7 Å². The Balaban J connectivity index is 2.37. The molecule has 1 aromatic heterocycles. The summed E-state index contributed by atoms with van der Waals surface area (Å²) in [6.07, 6.45) is 0. The number of aromatic nitrogens is 2. The quantitative estimate of drug-likeness (QED) is 0.710. The summed E-state index contributed by atoms with van der Waals surface area (Å²) in [6, 6.07) is 7.31. The van der Waals surface area contributed by atoms with Gasteiger partial charge in [-0.1, -0.05) is 35.8 Å². The fourth-order valence-corrected chi connectivity index (χ4v) is 2.86. The van der Waals surface area contributed by atoms with Gasteiger partial charge in [0, 0.05) is 23.8 Å². The highest BCUT2D eigenvalue weighted by Gasteiger charge is 2.21. The topological polar surface area (TPSA) is 99.1 Å². The molecule has 0 radical (unpaired) electrons. The molecule has 0 spiro atoms. The van der Waals surface area contributed by atoms with Crippen LogP contribution in [0, 0.1) is 5.92 Å². The van der Waals surface area contributed by atoms with E-state index in [1.165, 1.54) is 11.6 Å². The van der Waals surface area contributed by atoms with Crippen LogP contribution in [0.1, 0.15) is 24.2 Å². The fraction of sp³-hybridized carbons (Fsp3) is 0.353. The Kier molecular flexibility index (Phi) is 5.84. The van der Waals surface area contributed by atoms with Gasteiger partial charge in [-0.25, -0.2) is 4.79 Å². The maximum absolute atomic E-state index is 12.6. The molecule has 1 heterocycles. The summed E-state index contributed by atoms with van der Waals surface area (Å²) in [6.45, 7) is 4.08. The minimum atomic E-state index is -0.677. The SMILES string of the molecule is CC(C)Cn1c(N)c(C(=O)CNc2cccc(Br)c2)c(=O)n(C)c1=O. The number of Topliss-reactive ketones (excluding diaryl/α,β-unsaturated/α-hetero) is 1. The summed E-state index contributed by atoms with van der Waals surface area (Å²) >= 11 is 3.35. The smallest absolute Gasteiger partial charge is 0.332 e. The third-order valence-corrected chi connectivity index (χ3v) is 4.18. The predicted octanol–water partition coefficient (Wildman–Crippen LogP) is 1.84. The molecule has 0 aliphatic rings. The van der Waals surface area contributed by atoms with E-state index < -0.39 is 17.0 Å². The Morgan fingerprint density at radius 2 is 2.00 bits per heavy atom. The molecule has 0 saturated carbocycles. The minimum absolute atomic E-state index is 0.0807. The molecule has 8 heteroatoms. The number of ketones is 1. The van der Waals surface area contributed by atoms with Gasteiger partial charge in [-0.3, -0.25) is 18.7 Å². The Labute approximate surface area is 153 Å². The van der Waals surface area contributed by atoms with E-state index in [9.17, 15) is 14.4 Å². The highest BCUT2D eigenvalue weighted by molar-refractivity contribution is 9.10. The number of hydrogen-bond acceptors (Lipinski definition) is 5. The standard InChI is InChI=1S/C17H21BrN4O3/c1-10(2)9-22-15(19)14(16(24)21(3)17(22)25)13(23)8-20-12-6-4-5-11(18)7-12/h4-7,10,20H,8-9,19H2,1-3H3. The van der Waals surface area contributed by atoms with Gasteiger partial charge < -0.3 is 11.1 Å². The number of carbonyl (C=O) groups excluding carboxylic acids is 1. The van der Waals surface area contributed by atoms with Crippen molar-refractivity contribution in [3.05, 3.63) is 55.1 Å². The molecular formula is C17H21BrN4O3. The molecule has 0 unspecified atom stereocenters. The first kappa shape index (κ1) is 19.0. The molecule has 0 amide bonds. The lowest BCUT2D eigenvalue weighted by atomic mass is 10.1. The van der Waals surface area contributed by atoms with Crippen LogP contribution < -0.4 is 22.3 Å². The van der Waals surface area contributed by atoms with Gasteiger partial charge in [0.1, 0.15) is 11.4 Å². The summed E-state index contributed by atoms with van der Waals surface area (Å²) in [7, 11) is 1.35. The minimum Gasteiger partial charge on any atom is -0.384 e. The number of nitrogens with one attached hydrogen (secondary N) is 1. The monoisotopic (exact) mass is 408 g/mol. The van der Waals surface area contributed by atoms with Crippen LogP contribution in [0.2, 0.25) is 0 Å². The van der Waals surface area contributed by atoms with Gasteiger partial charge in [0.2, 0.25) is 0 Å². The largest absolute Gasteiger partial charge is 0.384 e. The maximum Gasteiger partial charge on any atom is 0.332 e. The average Bonchev–Trinajstić information content (AvgIpc) is 2.55. The number of nitrogen functional groups attached to an aromatic ring is 1. The van der Waals surface area contributed by atoms with Crippen molar-refractivity contribution in [2.75, 3.05) is 17.6 Å². The van der Waals surface area contributed by atoms with Crippen LogP contribution in [-0.2, 0) is 13.6 Å². The third kappa shape index (κ3) is 4.19. The van der Waals surface area contributed by atoms with Gasteiger partial charge in [0.05, 0.1) is 6.54 Å². The zero-order valence-electron chi connectivity index (χ0n) is 14.4. The summed E-state index contributed by atoms with van der Waals surface area (Å²) in [5.74, 6) is -0.404. The summed E-state index contributed by atoms with van der Waals surface area (Å²) in [5, 5.41) is 2.96. The highest BCUT2D eigenvalue weighted by atomic mass is 79.9. The molecule has 0 bridgehead atoms. The first-order valence-electron chi connectivity index (χ1n) is 7.84. The van der Waals surface area contributed by atoms with Gasteiger partial charge in [-0.2, -0.15) is 0 Å². The number of nitrogens with zero attached hydrogens (tertiary/aromatic N) is 2. The molecule has 7 nitrogen and oxygen atoms in total. The number of hydrogen-bond donors (Lipinski definition) is 2. The molecule has 0 aliphatic carbocycles. The Morgan fingerprint density at radius 3 is 2.60 bits per heavy atom. The van der Waals surface area contributed by atoms with E-state index in [-0.39, 0.29) is 23.8 Å². The van der Waals surface area contributed by atoms with E-state index in [0.29, 0.717) is 6.54 Å². The van der Waals surface area contributed by atoms with E-state index in [2.05, 4.69) is 21.2 Å². The number of halogens is 1. The molecule has 25 heavy (non-hydrogen) atoms. The van der Waals surface area contributed by atoms with Crippen LogP contribution in [0.3, 0.4) is 0 Å². The van der Waals surface area contributed by atoms with Gasteiger partial charge >= 0.3 is 5.69 Å².